The van der Waals surface area contributed by atoms with Gasteiger partial charge in [-0.05, 0) is 56.4 Å². The normalized spacial score (nSPS) is 21.0. The number of likely N-dealkylation sites (tertiary alicyclic amines) is 1. The minimum Gasteiger partial charge on any atom is -0.341 e. The van der Waals surface area contributed by atoms with Crippen LogP contribution in [0.2, 0.25) is 0 Å². The number of hydrogen-bond acceptors (Lipinski definition) is 5. The highest BCUT2D eigenvalue weighted by atomic mass is 32.2. The summed E-state index contributed by atoms with van der Waals surface area (Å²) in [6.07, 6.45) is 3.90. The first-order valence-electron chi connectivity index (χ1n) is 12.4. The summed E-state index contributed by atoms with van der Waals surface area (Å²) in [5.74, 6) is -0.0873. The Labute approximate surface area is 207 Å². The van der Waals surface area contributed by atoms with Gasteiger partial charge in [-0.25, -0.2) is 8.42 Å². The third kappa shape index (κ3) is 4.43. The topological polar surface area (TPSA) is 81.2 Å². The van der Waals surface area contributed by atoms with Crippen molar-refractivity contribution in [3.63, 3.8) is 0 Å². The van der Waals surface area contributed by atoms with Crippen molar-refractivity contribution in [2.24, 2.45) is 0 Å². The van der Waals surface area contributed by atoms with Crippen LogP contribution in [0.15, 0.2) is 65.6 Å². The molecule has 35 heavy (non-hydrogen) atoms. The van der Waals surface area contributed by atoms with E-state index in [1.54, 1.807) is 35.2 Å². The number of sulfonamides is 1. The van der Waals surface area contributed by atoms with Gasteiger partial charge in [0.05, 0.1) is 11.6 Å². The van der Waals surface area contributed by atoms with Gasteiger partial charge in [-0.3, -0.25) is 9.59 Å². The maximum atomic E-state index is 13.9. The largest absolute Gasteiger partial charge is 0.341 e. The van der Waals surface area contributed by atoms with Crippen LogP contribution in [0.5, 0.6) is 0 Å². The number of amides is 2. The van der Waals surface area contributed by atoms with Gasteiger partial charge in [-0.1, -0.05) is 36.4 Å². The third-order valence-electron chi connectivity index (χ3n) is 7.55. The molecule has 0 unspecified atom stereocenters. The molecule has 2 aromatic rings. The highest BCUT2D eigenvalue weighted by Crippen LogP contribution is 2.40. The van der Waals surface area contributed by atoms with Crippen molar-refractivity contribution in [2.75, 3.05) is 44.3 Å². The first kappa shape index (κ1) is 23.8. The molecule has 3 aliphatic rings. The van der Waals surface area contributed by atoms with Gasteiger partial charge in [0.2, 0.25) is 21.8 Å². The molecule has 3 fully saturated rings. The summed E-state index contributed by atoms with van der Waals surface area (Å²) in [7, 11) is -3.63. The van der Waals surface area contributed by atoms with Crippen LogP contribution < -0.4 is 4.90 Å². The van der Waals surface area contributed by atoms with Crippen LogP contribution in [-0.4, -0.2) is 79.3 Å². The molecule has 8 nitrogen and oxygen atoms in total. The van der Waals surface area contributed by atoms with Gasteiger partial charge < -0.3 is 14.7 Å². The van der Waals surface area contributed by atoms with Gasteiger partial charge in [-0.15, -0.1) is 0 Å². The summed E-state index contributed by atoms with van der Waals surface area (Å²) >= 11 is 0. The molecule has 1 spiro atoms. The molecule has 0 atom stereocenters. The van der Waals surface area contributed by atoms with Crippen molar-refractivity contribution < 1.29 is 18.0 Å². The number of carbonyl (C=O) groups is 2. The first-order chi connectivity index (χ1) is 16.9. The average Bonchev–Trinajstić information content (AvgIpc) is 3.16. The molecule has 0 aliphatic carbocycles. The number of carbonyl (C=O) groups excluding carboxylic acids is 2. The summed E-state index contributed by atoms with van der Waals surface area (Å²) in [5.41, 5.74) is 0.0554. The Morgan fingerprint density at radius 1 is 0.829 bits per heavy atom. The first-order valence-corrected chi connectivity index (χ1v) is 13.8. The molecule has 2 aromatic carbocycles. The Bertz CT molecular complexity index is 1160. The molecule has 0 saturated carbocycles. The fraction of sp³-hybridized carbons (Fsp3) is 0.462. The van der Waals surface area contributed by atoms with Crippen molar-refractivity contribution >= 4 is 27.5 Å². The maximum Gasteiger partial charge on any atom is 0.250 e. The zero-order valence-electron chi connectivity index (χ0n) is 19.9. The lowest BCUT2D eigenvalue weighted by molar-refractivity contribution is -0.141. The molecule has 5 rings (SSSR count). The molecule has 3 saturated heterocycles. The Hall–Kier alpha value is -2.91. The monoisotopic (exact) mass is 496 g/mol. The second-order valence-electron chi connectivity index (χ2n) is 9.60. The zero-order valence-corrected chi connectivity index (χ0v) is 20.7. The zero-order chi connectivity index (χ0) is 24.5. The number of anilines is 1. The number of para-hydroxylation sites is 1. The number of benzene rings is 2. The number of rotatable bonds is 5. The molecule has 0 N–H and O–H groups in total. The number of nitrogens with zero attached hydrogens (tertiary/aromatic N) is 4. The molecular weight excluding hydrogens is 464 g/mol. The molecule has 2 amide bonds. The van der Waals surface area contributed by atoms with Crippen molar-refractivity contribution in [1.82, 2.24) is 14.1 Å². The molecule has 9 heteroatoms. The molecule has 186 valence electrons. The number of piperidine rings is 2. The Morgan fingerprint density at radius 2 is 1.43 bits per heavy atom. The molecule has 0 aromatic heterocycles. The van der Waals surface area contributed by atoms with Gasteiger partial charge in [-0.2, -0.15) is 4.31 Å². The standard InChI is InChI=1S/C26H32N4O4S/c31-24(27-16-8-3-9-17-27)20-28-21-30(22-10-4-1-5-11-22)26(25(28)32)14-18-29(19-15-26)35(33,34)23-12-6-2-7-13-23/h1-2,4-7,10-13H,3,8-9,14-21H2. The SMILES string of the molecule is O=C(CN1CN(c2ccccc2)C2(CCN(S(=O)(=O)c3ccccc3)CC2)C1=O)N1CCCCC1. The van der Waals surface area contributed by atoms with E-state index in [1.165, 1.54) is 4.31 Å². The Morgan fingerprint density at radius 3 is 2.06 bits per heavy atom. The smallest absolute Gasteiger partial charge is 0.250 e. The van der Waals surface area contributed by atoms with Crippen LogP contribution in [0.25, 0.3) is 0 Å². The molecule has 0 bridgehead atoms. The van der Waals surface area contributed by atoms with Crippen molar-refractivity contribution in [2.45, 2.75) is 42.5 Å². The summed E-state index contributed by atoms with van der Waals surface area (Å²) in [5, 5.41) is 0. The average molecular weight is 497 g/mol. The summed E-state index contributed by atoms with van der Waals surface area (Å²) in [6, 6.07) is 18.2. The number of hydrogen-bond donors (Lipinski definition) is 0. The third-order valence-corrected chi connectivity index (χ3v) is 9.46. The van der Waals surface area contributed by atoms with Crippen LogP contribution in [-0.2, 0) is 19.6 Å². The van der Waals surface area contributed by atoms with E-state index >= 15 is 0 Å². The highest BCUT2D eigenvalue weighted by molar-refractivity contribution is 7.89. The van der Waals surface area contributed by atoms with Crippen LogP contribution in [0, 0.1) is 0 Å². The summed E-state index contributed by atoms with van der Waals surface area (Å²) in [6.45, 7) is 2.39. The van der Waals surface area contributed by atoms with Gasteiger partial charge in [0.15, 0.2) is 0 Å². The van der Waals surface area contributed by atoms with E-state index in [2.05, 4.69) is 4.90 Å². The Balaban J connectivity index is 1.38. The maximum absolute atomic E-state index is 13.9. The Kier molecular flexibility index (Phi) is 6.55. The van der Waals surface area contributed by atoms with E-state index in [-0.39, 0.29) is 36.3 Å². The predicted octanol–water partition coefficient (Wildman–Crippen LogP) is 2.53. The predicted molar refractivity (Wildman–Crippen MR) is 133 cm³/mol. The van der Waals surface area contributed by atoms with Crippen LogP contribution in [0.1, 0.15) is 32.1 Å². The van der Waals surface area contributed by atoms with Gasteiger partial charge in [0.1, 0.15) is 12.1 Å². The lowest BCUT2D eigenvalue weighted by atomic mass is 9.86. The fourth-order valence-corrected chi connectivity index (χ4v) is 7.03. The second kappa shape index (κ2) is 9.62. The van der Waals surface area contributed by atoms with Gasteiger partial charge in [0, 0.05) is 31.9 Å². The van der Waals surface area contributed by atoms with E-state index in [0.29, 0.717) is 19.5 Å². The van der Waals surface area contributed by atoms with Gasteiger partial charge in [0.25, 0.3) is 0 Å². The molecule has 3 aliphatic heterocycles. The summed E-state index contributed by atoms with van der Waals surface area (Å²) in [4.78, 5) is 32.7. The van der Waals surface area contributed by atoms with Crippen LogP contribution >= 0.6 is 0 Å². The summed E-state index contributed by atoms with van der Waals surface area (Å²) < 4.78 is 27.8. The molecular formula is C26H32N4O4S. The highest BCUT2D eigenvalue weighted by Gasteiger charge is 2.55. The van der Waals surface area contributed by atoms with Crippen molar-refractivity contribution in [3.05, 3.63) is 60.7 Å². The fourth-order valence-electron chi connectivity index (χ4n) is 5.57. The van der Waals surface area contributed by atoms with E-state index in [4.69, 9.17) is 0 Å². The van der Waals surface area contributed by atoms with E-state index in [1.807, 2.05) is 35.2 Å². The van der Waals surface area contributed by atoms with E-state index in [0.717, 1.165) is 38.0 Å². The van der Waals surface area contributed by atoms with E-state index < -0.39 is 15.6 Å². The van der Waals surface area contributed by atoms with E-state index in [9.17, 15) is 18.0 Å². The van der Waals surface area contributed by atoms with Crippen LogP contribution in [0.4, 0.5) is 5.69 Å². The minimum absolute atomic E-state index is 0.00722. The van der Waals surface area contributed by atoms with Gasteiger partial charge >= 0.3 is 0 Å². The quantitative estimate of drug-likeness (QED) is 0.636. The van der Waals surface area contributed by atoms with Crippen molar-refractivity contribution in [3.8, 4) is 0 Å². The molecule has 0 radical (unpaired) electrons. The lowest BCUT2D eigenvalue weighted by Gasteiger charge is -2.42. The van der Waals surface area contributed by atoms with Crippen LogP contribution in [0.3, 0.4) is 0 Å². The lowest BCUT2D eigenvalue weighted by Crippen LogP contribution is -2.57. The second-order valence-corrected chi connectivity index (χ2v) is 11.5. The van der Waals surface area contributed by atoms with Crippen molar-refractivity contribution in [1.29, 1.82) is 0 Å². The minimum atomic E-state index is -3.63. The molecule has 3 heterocycles.